The van der Waals surface area contributed by atoms with Gasteiger partial charge in [-0.1, -0.05) is 76.6 Å². The molecule has 3 aromatic rings. The van der Waals surface area contributed by atoms with Crippen LogP contribution in [-0.4, -0.2) is 17.9 Å². The van der Waals surface area contributed by atoms with Gasteiger partial charge < -0.3 is 8.99 Å². The molecule has 0 saturated carbocycles. The second-order valence-electron chi connectivity index (χ2n) is 10.4. The minimum absolute atomic E-state index is 0.171. The number of nitrogens with zero attached hydrogens (tertiary/aromatic N) is 3. The molecule has 0 atom stereocenters. The summed E-state index contributed by atoms with van der Waals surface area (Å²) in [5, 5.41) is 9.62. The lowest BCUT2D eigenvalue weighted by Crippen LogP contribution is -2.40. The number of hydrogen-bond donors (Lipinski definition) is 0. The average Bonchev–Trinajstić information content (AvgIpc) is 3.09. The highest BCUT2D eigenvalue weighted by Gasteiger charge is 2.37. The second kappa shape index (κ2) is 11.2. The smallest absolute Gasteiger partial charge is 0.192 e. The van der Waals surface area contributed by atoms with Crippen LogP contribution in [0.15, 0.2) is 48.5 Å². The van der Waals surface area contributed by atoms with Gasteiger partial charge >= 0.3 is 0 Å². The first-order valence-corrected chi connectivity index (χ1v) is 16.0. The summed E-state index contributed by atoms with van der Waals surface area (Å²) < 4.78 is 10.0. The summed E-state index contributed by atoms with van der Waals surface area (Å²) in [5.74, 6) is 1.14. The fourth-order valence-corrected chi connectivity index (χ4v) is 5.28. The summed E-state index contributed by atoms with van der Waals surface area (Å²) in [4.78, 5) is 4.94. The molecule has 6 heteroatoms. The Bertz CT molecular complexity index is 1150. The van der Waals surface area contributed by atoms with E-state index in [0.717, 1.165) is 46.5 Å². The molecule has 0 unspecified atom stereocenters. The van der Waals surface area contributed by atoms with Gasteiger partial charge in [-0.2, -0.15) is 5.26 Å². The van der Waals surface area contributed by atoms with Crippen molar-refractivity contribution < 1.29 is 4.43 Å². The van der Waals surface area contributed by atoms with Crippen LogP contribution in [0, 0.1) is 15.0 Å². The monoisotopic (exact) mass is 585 g/mol. The predicted molar refractivity (Wildman–Crippen MR) is 151 cm³/mol. The van der Waals surface area contributed by atoms with E-state index in [0.29, 0.717) is 12.2 Å². The van der Waals surface area contributed by atoms with Crippen LogP contribution in [0.3, 0.4) is 0 Å². The van der Waals surface area contributed by atoms with Crippen LogP contribution in [-0.2, 0) is 24.0 Å². The number of halogens is 1. The van der Waals surface area contributed by atoms with Crippen molar-refractivity contribution in [2.45, 2.75) is 78.2 Å². The van der Waals surface area contributed by atoms with Crippen molar-refractivity contribution in [1.29, 1.82) is 5.26 Å². The van der Waals surface area contributed by atoms with Gasteiger partial charge in [0.2, 0.25) is 0 Å². The van der Waals surface area contributed by atoms with Crippen LogP contribution < -0.4 is 0 Å². The maximum Gasteiger partial charge on any atom is 0.192 e. The fourth-order valence-electron chi connectivity index (χ4n) is 3.63. The van der Waals surface area contributed by atoms with Gasteiger partial charge in [-0.25, -0.2) is 4.98 Å². The Kier molecular flexibility index (Phi) is 8.77. The van der Waals surface area contributed by atoms with Crippen molar-refractivity contribution in [2.75, 3.05) is 0 Å². The molecule has 0 N–H and O–H groups in total. The summed E-state index contributed by atoms with van der Waals surface area (Å²) in [6, 6.07) is 18.6. The summed E-state index contributed by atoms with van der Waals surface area (Å²) in [5.41, 5.74) is 5.13. The Balaban J connectivity index is 1.89. The van der Waals surface area contributed by atoms with Gasteiger partial charge in [-0.15, -0.1) is 0 Å². The maximum atomic E-state index is 9.45. The van der Waals surface area contributed by atoms with E-state index in [-0.39, 0.29) is 5.04 Å². The Hall–Kier alpha value is -1.95. The minimum Gasteiger partial charge on any atom is -0.411 e. The van der Waals surface area contributed by atoms with Crippen molar-refractivity contribution in [3.63, 3.8) is 0 Å². The summed E-state index contributed by atoms with van der Waals surface area (Å²) in [6.45, 7) is 15.0. The number of benzene rings is 2. The lowest BCUT2D eigenvalue weighted by Gasteiger charge is -2.36. The summed E-state index contributed by atoms with van der Waals surface area (Å²) in [7, 11) is -1.87. The normalized spacial score (nSPS) is 12.1. The van der Waals surface area contributed by atoms with E-state index >= 15 is 0 Å². The van der Waals surface area contributed by atoms with E-state index in [2.05, 4.69) is 98.3 Å². The number of aromatic nitrogens is 2. The highest BCUT2D eigenvalue weighted by molar-refractivity contribution is 14.1. The number of imidazole rings is 1. The van der Waals surface area contributed by atoms with Crippen molar-refractivity contribution in [1.82, 2.24) is 9.55 Å². The third kappa shape index (κ3) is 6.18. The minimum atomic E-state index is -1.87. The molecular formula is C28H36IN3OSi. The van der Waals surface area contributed by atoms with Crippen molar-refractivity contribution >= 4 is 30.9 Å². The van der Waals surface area contributed by atoms with Crippen LogP contribution in [0.25, 0.3) is 11.1 Å². The van der Waals surface area contributed by atoms with Crippen LogP contribution in [0.5, 0.6) is 0 Å². The van der Waals surface area contributed by atoms with Crippen molar-refractivity contribution in [2.24, 2.45) is 0 Å². The molecule has 0 radical (unpaired) electrons. The maximum absolute atomic E-state index is 9.45. The number of hydrogen-bond acceptors (Lipinski definition) is 3. The zero-order valence-corrected chi connectivity index (χ0v) is 24.4. The molecule has 34 heavy (non-hydrogen) atoms. The molecule has 0 aliphatic carbocycles. The van der Waals surface area contributed by atoms with Crippen LogP contribution in [0.4, 0.5) is 0 Å². The van der Waals surface area contributed by atoms with Gasteiger partial charge in [-0.3, -0.25) is 0 Å². The first-order valence-electron chi connectivity index (χ1n) is 12.0. The van der Waals surface area contributed by atoms with Crippen LogP contribution in [0.1, 0.15) is 63.2 Å². The summed E-state index contributed by atoms with van der Waals surface area (Å²) in [6.07, 6.45) is 3.24. The van der Waals surface area contributed by atoms with Crippen LogP contribution in [0.2, 0.25) is 18.1 Å². The molecule has 2 aromatic carbocycles. The lowest BCUT2D eigenvalue weighted by atomic mass is 9.99. The highest BCUT2D eigenvalue weighted by atomic mass is 127. The first kappa shape index (κ1) is 26.6. The van der Waals surface area contributed by atoms with Gasteiger partial charge in [0, 0.05) is 13.0 Å². The Morgan fingerprint density at radius 2 is 1.76 bits per heavy atom. The quantitative estimate of drug-likeness (QED) is 0.189. The van der Waals surface area contributed by atoms with E-state index in [4.69, 9.17) is 9.41 Å². The average molecular weight is 586 g/mol. The molecular weight excluding hydrogens is 549 g/mol. The van der Waals surface area contributed by atoms with E-state index in [9.17, 15) is 5.26 Å². The van der Waals surface area contributed by atoms with E-state index in [1.807, 2.05) is 24.3 Å². The Morgan fingerprint density at radius 3 is 2.38 bits per heavy atom. The van der Waals surface area contributed by atoms with Gasteiger partial charge in [0.25, 0.3) is 0 Å². The third-order valence-electron chi connectivity index (χ3n) is 6.89. The molecule has 180 valence electrons. The molecule has 0 aliphatic heterocycles. The molecule has 0 saturated heterocycles. The molecule has 4 nitrogen and oxygen atoms in total. The number of unbranched alkanes of at least 4 members (excludes halogenated alkanes) is 1. The van der Waals surface area contributed by atoms with Gasteiger partial charge in [-0.05, 0) is 69.9 Å². The zero-order chi connectivity index (χ0) is 24.9. The SMILES string of the molecule is CCCCc1nc(I)c(CO[Si](C)(C)C(C)(C)C)n1Cc1ccc(-c2ccccc2C#N)cc1. The highest BCUT2D eigenvalue weighted by Crippen LogP contribution is 2.37. The molecule has 0 aliphatic rings. The van der Waals surface area contributed by atoms with E-state index in [1.54, 1.807) is 0 Å². The van der Waals surface area contributed by atoms with Gasteiger partial charge in [0.15, 0.2) is 8.32 Å². The van der Waals surface area contributed by atoms with E-state index < -0.39 is 8.32 Å². The largest absolute Gasteiger partial charge is 0.411 e. The lowest BCUT2D eigenvalue weighted by molar-refractivity contribution is 0.266. The second-order valence-corrected chi connectivity index (χ2v) is 16.2. The van der Waals surface area contributed by atoms with Gasteiger partial charge in [0.1, 0.15) is 9.53 Å². The molecule has 1 heterocycles. The number of nitriles is 1. The van der Waals surface area contributed by atoms with E-state index in [1.165, 1.54) is 11.3 Å². The fraction of sp³-hybridized carbons (Fsp3) is 0.429. The molecule has 1 aromatic heterocycles. The Morgan fingerprint density at radius 1 is 1.09 bits per heavy atom. The zero-order valence-electron chi connectivity index (χ0n) is 21.3. The van der Waals surface area contributed by atoms with Gasteiger partial charge in [0.05, 0.1) is 23.9 Å². The standard InChI is InChI=1S/C28H36IN3OSi/c1-7-8-13-26-31-27(29)25(20-33-34(5,6)28(2,3)4)32(26)19-21-14-16-22(17-15-21)24-12-10-9-11-23(24)18-30/h9-12,14-17H,7-8,13,19-20H2,1-6H3. The Labute approximate surface area is 219 Å². The predicted octanol–water partition coefficient (Wildman–Crippen LogP) is 7.94. The topological polar surface area (TPSA) is 50.8 Å². The third-order valence-corrected chi connectivity index (χ3v) is 12.2. The molecule has 0 spiro atoms. The molecule has 0 amide bonds. The number of aryl methyl sites for hydroxylation is 1. The van der Waals surface area contributed by atoms with Crippen molar-refractivity contribution in [3.05, 3.63) is 74.9 Å². The molecule has 0 bridgehead atoms. The van der Waals surface area contributed by atoms with Crippen molar-refractivity contribution in [3.8, 4) is 17.2 Å². The van der Waals surface area contributed by atoms with Crippen LogP contribution >= 0.6 is 22.6 Å². The molecule has 3 rings (SSSR count). The molecule has 0 fully saturated rings. The summed E-state index contributed by atoms with van der Waals surface area (Å²) >= 11 is 2.37. The number of rotatable bonds is 9. The first-order chi connectivity index (χ1) is 16.1.